The van der Waals surface area contributed by atoms with Crippen molar-refractivity contribution in [1.29, 1.82) is 0 Å². The Morgan fingerprint density at radius 2 is 1.94 bits per heavy atom. The highest BCUT2D eigenvalue weighted by Gasteiger charge is 2.42. The molecule has 0 radical (unpaired) electrons. The van der Waals surface area contributed by atoms with Crippen LogP contribution in [0.4, 0.5) is 8.78 Å². The predicted octanol–water partition coefficient (Wildman–Crippen LogP) is 2.36. The summed E-state index contributed by atoms with van der Waals surface area (Å²) in [7, 11) is 0. The lowest BCUT2D eigenvalue weighted by molar-refractivity contribution is -0.149. The number of likely N-dealkylation sites (tertiary alicyclic amines) is 1. The van der Waals surface area contributed by atoms with Gasteiger partial charge in [-0.3, -0.25) is 9.69 Å². The second-order valence-electron chi connectivity index (χ2n) is 5.13. The molecule has 3 nitrogen and oxygen atoms in total. The van der Waals surface area contributed by atoms with Gasteiger partial charge in [0.25, 0.3) is 6.43 Å². The smallest absolute Gasteiger partial charge is 0.320 e. The highest BCUT2D eigenvalue weighted by molar-refractivity contribution is 5.73. The van der Waals surface area contributed by atoms with Gasteiger partial charge in [0.2, 0.25) is 0 Å². The van der Waals surface area contributed by atoms with Gasteiger partial charge in [0.05, 0.1) is 6.54 Å². The zero-order chi connectivity index (χ0) is 12.4. The maximum atomic E-state index is 12.6. The third kappa shape index (κ3) is 2.76. The van der Waals surface area contributed by atoms with Crippen LogP contribution < -0.4 is 0 Å². The number of carbonyl (C=O) groups is 1. The summed E-state index contributed by atoms with van der Waals surface area (Å²) in [5.41, 5.74) is 0. The van der Waals surface area contributed by atoms with E-state index in [1.165, 1.54) is 0 Å². The minimum Gasteiger partial charge on any atom is -0.480 e. The lowest BCUT2D eigenvalue weighted by Gasteiger charge is -2.47. The molecule has 0 aromatic rings. The Bertz CT molecular complexity index is 286. The van der Waals surface area contributed by atoms with E-state index >= 15 is 0 Å². The topological polar surface area (TPSA) is 40.5 Å². The summed E-state index contributed by atoms with van der Waals surface area (Å²) in [5.74, 6) is -0.521. The predicted molar refractivity (Wildman–Crippen MR) is 59.1 cm³/mol. The summed E-state index contributed by atoms with van der Waals surface area (Å²) >= 11 is 0. The number of halogens is 2. The standard InChI is InChI=1S/C12H19F2NO2/c13-11(14)7-15-9-4-2-1-3-8(9)5-6-10(15)12(16)17/h8-11H,1-7H2,(H,16,17). The molecule has 1 aliphatic heterocycles. The van der Waals surface area contributed by atoms with Crippen LogP contribution >= 0.6 is 0 Å². The second-order valence-corrected chi connectivity index (χ2v) is 5.13. The van der Waals surface area contributed by atoms with Gasteiger partial charge in [-0.1, -0.05) is 12.8 Å². The van der Waals surface area contributed by atoms with E-state index in [9.17, 15) is 13.6 Å². The van der Waals surface area contributed by atoms with Gasteiger partial charge in [-0.05, 0) is 31.6 Å². The third-order valence-electron chi connectivity index (χ3n) is 4.14. The molecule has 5 heteroatoms. The summed E-state index contributed by atoms with van der Waals surface area (Å²) < 4.78 is 25.2. The first-order chi connectivity index (χ1) is 8.09. The number of hydrogen-bond acceptors (Lipinski definition) is 2. The number of rotatable bonds is 3. The monoisotopic (exact) mass is 247 g/mol. The third-order valence-corrected chi connectivity index (χ3v) is 4.14. The Morgan fingerprint density at radius 1 is 1.24 bits per heavy atom. The first kappa shape index (κ1) is 12.7. The molecule has 2 rings (SSSR count). The zero-order valence-electron chi connectivity index (χ0n) is 9.82. The van der Waals surface area contributed by atoms with E-state index in [0.29, 0.717) is 12.3 Å². The molecule has 1 heterocycles. The van der Waals surface area contributed by atoms with E-state index in [4.69, 9.17) is 5.11 Å². The number of nitrogens with zero attached hydrogens (tertiary/aromatic N) is 1. The molecule has 3 unspecified atom stereocenters. The minimum absolute atomic E-state index is 0.0626. The Morgan fingerprint density at radius 3 is 2.59 bits per heavy atom. The molecular formula is C12H19F2NO2. The summed E-state index contributed by atoms with van der Waals surface area (Å²) in [4.78, 5) is 12.7. The van der Waals surface area contributed by atoms with Crippen LogP contribution in [0.3, 0.4) is 0 Å². The Hall–Kier alpha value is -0.710. The number of aliphatic carboxylic acids is 1. The van der Waals surface area contributed by atoms with E-state index in [1.807, 2.05) is 0 Å². The lowest BCUT2D eigenvalue weighted by atomic mass is 9.76. The molecule has 0 aromatic carbocycles. The van der Waals surface area contributed by atoms with Crippen LogP contribution in [0, 0.1) is 5.92 Å². The Labute approximate surface area is 99.8 Å². The van der Waals surface area contributed by atoms with Gasteiger partial charge in [-0.15, -0.1) is 0 Å². The van der Waals surface area contributed by atoms with Crippen LogP contribution in [0.5, 0.6) is 0 Å². The van der Waals surface area contributed by atoms with Gasteiger partial charge in [-0.25, -0.2) is 8.78 Å². The molecule has 2 fully saturated rings. The fourth-order valence-corrected chi connectivity index (χ4v) is 3.42. The Balaban J connectivity index is 2.12. The first-order valence-corrected chi connectivity index (χ1v) is 6.36. The molecule has 1 aliphatic carbocycles. The van der Waals surface area contributed by atoms with Crippen molar-refractivity contribution >= 4 is 5.97 Å². The van der Waals surface area contributed by atoms with Gasteiger partial charge in [0.1, 0.15) is 6.04 Å². The molecule has 0 spiro atoms. The summed E-state index contributed by atoms with van der Waals surface area (Å²) in [5, 5.41) is 9.13. The van der Waals surface area contributed by atoms with E-state index < -0.39 is 25.0 Å². The summed E-state index contributed by atoms with van der Waals surface area (Å²) in [6, 6.07) is -0.643. The average Bonchev–Trinajstić information content (AvgIpc) is 2.28. The van der Waals surface area contributed by atoms with E-state index in [2.05, 4.69) is 0 Å². The van der Waals surface area contributed by atoms with Crippen molar-refractivity contribution in [2.75, 3.05) is 6.54 Å². The normalized spacial score (nSPS) is 34.6. The quantitative estimate of drug-likeness (QED) is 0.832. The fraction of sp³-hybridized carbons (Fsp3) is 0.917. The SMILES string of the molecule is O=C(O)C1CCC2CCCCC2N1CC(F)F. The number of carboxylic acids is 1. The molecule has 3 atom stereocenters. The Kier molecular flexibility index (Phi) is 3.97. The summed E-state index contributed by atoms with van der Waals surface area (Å²) in [6.45, 7) is -0.391. The number of hydrogen-bond donors (Lipinski definition) is 1. The molecule has 17 heavy (non-hydrogen) atoms. The van der Waals surface area contributed by atoms with Gasteiger partial charge in [0.15, 0.2) is 0 Å². The molecule has 1 saturated heterocycles. The van der Waals surface area contributed by atoms with Crippen LogP contribution in [0.2, 0.25) is 0 Å². The molecule has 98 valence electrons. The highest BCUT2D eigenvalue weighted by Crippen LogP contribution is 2.38. The fourth-order valence-electron chi connectivity index (χ4n) is 3.42. The van der Waals surface area contributed by atoms with Crippen molar-refractivity contribution in [3.05, 3.63) is 0 Å². The first-order valence-electron chi connectivity index (χ1n) is 6.36. The summed E-state index contributed by atoms with van der Waals surface area (Å²) in [6.07, 6.45) is 3.08. The number of carboxylic acid groups (broad SMARTS) is 1. The maximum absolute atomic E-state index is 12.6. The number of fused-ring (bicyclic) bond motifs is 1. The maximum Gasteiger partial charge on any atom is 0.320 e. The zero-order valence-corrected chi connectivity index (χ0v) is 9.82. The molecule has 0 bridgehead atoms. The largest absolute Gasteiger partial charge is 0.480 e. The highest BCUT2D eigenvalue weighted by atomic mass is 19.3. The van der Waals surface area contributed by atoms with Crippen molar-refractivity contribution < 1.29 is 18.7 Å². The lowest BCUT2D eigenvalue weighted by Crippen LogP contribution is -2.56. The van der Waals surface area contributed by atoms with E-state index in [-0.39, 0.29) is 6.04 Å². The van der Waals surface area contributed by atoms with Crippen LogP contribution in [0.15, 0.2) is 0 Å². The number of piperidine rings is 1. The molecule has 2 aliphatic rings. The van der Waals surface area contributed by atoms with Crippen molar-refractivity contribution in [2.45, 2.75) is 57.0 Å². The van der Waals surface area contributed by atoms with E-state index in [0.717, 1.165) is 32.1 Å². The molecule has 0 aromatic heterocycles. The van der Waals surface area contributed by atoms with Gasteiger partial charge in [-0.2, -0.15) is 0 Å². The van der Waals surface area contributed by atoms with Crippen LogP contribution in [-0.4, -0.2) is 41.0 Å². The molecule has 1 N–H and O–H groups in total. The van der Waals surface area contributed by atoms with Crippen molar-refractivity contribution in [3.63, 3.8) is 0 Å². The van der Waals surface area contributed by atoms with Crippen LogP contribution in [-0.2, 0) is 4.79 Å². The minimum atomic E-state index is -2.45. The molecular weight excluding hydrogens is 228 g/mol. The average molecular weight is 247 g/mol. The van der Waals surface area contributed by atoms with Gasteiger partial charge >= 0.3 is 5.97 Å². The van der Waals surface area contributed by atoms with Crippen LogP contribution in [0.1, 0.15) is 38.5 Å². The van der Waals surface area contributed by atoms with Crippen molar-refractivity contribution in [2.24, 2.45) is 5.92 Å². The van der Waals surface area contributed by atoms with E-state index in [1.54, 1.807) is 4.90 Å². The molecule has 0 amide bonds. The van der Waals surface area contributed by atoms with Crippen molar-refractivity contribution in [1.82, 2.24) is 4.90 Å². The van der Waals surface area contributed by atoms with Crippen LogP contribution in [0.25, 0.3) is 0 Å². The van der Waals surface area contributed by atoms with Crippen molar-refractivity contribution in [3.8, 4) is 0 Å². The van der Waals surface area contributed by atoms with Gasteiger partial charge < -0.3 is 5.11 Å². The number of alkyl halides is 2. The van der Waals surface area contributed by atoms with Gasteiger partial charge in [0, 0.05) is 6.04 Å². The molecule has 1 saturated carbocycles. The second kappa shape index (κ2) is 5.29.